The predicted molar refractivity (Wildman–Crippen MR) is 88.9 cm³/mol. The Balaban J connectivity index is 1.82. The van der Waals surface area contributed by atoms with E-state index in [0.29, 0.717) is 5.13 Å². The number of aromatic nitrogens is 4. The van der Waals surface area contributed by atoms with E-state index in [0.717, 1.165) is 21.4 Å². The highest BCUT2D eigenvalue weighted by molar-refractivity contribution is 7.19. The molecule has 3 heterocycles. The van der Waals surface area contributed by atoms with Gasteiger partial charge in [0.2, 0.25) is 0 Å². The van der Waals surface area contributed by atoms with Crippen LogP contribution in [-0.2, 0) is 0 Å². The van der Waals surface area contributed by atoms with Crippen LogP contribution in [0, 0.1) is 6.92 Å². The number of imidazole rings is 1. The average Bonchev–Trinajstić information content (AvgIpc) is 3.18. The summed E-state index contributed by atoms with van der Waals surface area (Å²) in [5, 5.41) is 6.24. The molecule has 3 aromatic heterocycles. The summed E-state index contributed by atoms with van der Waals surface area (Å²) in [5.41, 5.74) is 1.73. The van der Waals surface area contributed by atoms with Gasteiger partial charge in [-0.2, -0.15) is 0 Å². The molecule has 0 radical (unpaired) electrons. The first-order valence-electron chi connectivity index (χ1n) is 6.44. The normalized spacial score (nSPS) is 10.7. The van der Waals surface area contributed by atoms with E-state index in [1.165, 1.54) is 22.2 Å². The number of carbonyl (C=O) groups excluding carboxylic acids is 1. The zero-order chi connectivity index (χ0) is 15.7. The maximum absolute atomic E-state index is 12.0. The molecule has 1 N–H and O–H groups in total. The average molecular weight is 334 g/mol. The SMILES string of the molecule is Cc1nc(NC(=O)n2ccnc2)sc1-c1csc(N(C)C)n1. The fourth-order valence-electron chi connectivity index (χ4n) is 1.80. The molecule has 22 heavy (non-hydrogen) atoms. The fraction of sp³-hybridized carbons (Fsp3) is 0.231. The Hall–Kier alpha value is -2.26. The molecule has 0 unspecified atom stereocenters. The second-order valence-electron chi connectivity index (χ2n) is 4.74. The van der Waals surface area contributed by atoms with Gasteiger partial charge in [0.05, 0.1) is 16.3 Å². The van der Waals surface area contributed by atoms with Crippen LogP contribution < -0.4 is 10.2 Å². The Morgan fingerprint density at radius 1 is 1.36 bits per heavy atom. The summed E-state index contributed by atoms with van der Waals surface area (Å²) in [5.74, 6) is 0. The van der Waals surface area contributed by atoms with Gasteiger partial charge in [0, 0.05) is 31.9 Å². The van der Waals surface area contributed by atoms with Gasteiger partial charge in [0.1, 0.15) is 6.33 Å². The van der Waals surface area contributed by atoms with Crippen LogP contribution in [0.15, 0.2) is 24.1 Å². The minimum atomic E-state index is -0.287. The molecule has 1 amide bonds. The molecule has 9 heteroatoms. The summed E-state index contributed by atoms with van der Waals surface area (Å²) in [6, 6.07) is -0.287. The number of aryl methyl sites for hydroxylation is 1. The minimum Gasteiger partial charge on any atom is -0.354 e. The standard InChI is InChI=1S/C13H14N6OS2/c1-8-10(9-6-21-13(16-9)18(2)3)22-11(15-8)17-12(20)19-5-4-14-7-19/h4-7H,1-3H3,(H,15,17,20). The van der Waals surface area contributed by atoms with Crippen molar-refractivity contribution in [2.75, 3.05) is 24.3 Å². The third-order valence-corrected chi connectivity index (χ3v) is 4.96. The molecule has 0 aromatic carbocycles. The molecule has 0 aliphatic carbocycles. The van der Waals surface area contributed by atoms with E-state index in [1.54, 1.807) is 23.7 Å². The summed E-state index contributed by atoms with van der Waals surface area (Å²) < 4.78 is 1.36. The second-order valence-corrected chi connectivity index (χ2v) is 6.58. The molecule has 3 rings (SSSR count). The number of hydrogen-bond acceptors (Lipinski definition) is 7. The predicted octanol–water partition coefficient (Wildman–Crippen LogP) is 2.92. The molecule has 0 saturated heterocycles. The Labute approximate surface area is 135 Å². The topological polar surface area (TPSA) is 75.9 Å². The van der Waals surface area contributed by atoms with Crippen LogP contribution in [0.3, 0.4) is 0 Å². The van der Waals surface area contributed by atoms with Crippen molar-refractivity contribution in [1.29, 1.82) is 0 Å². The van der Waals surface area contributed by atoms with Crippen molar-refractivity contribution in [1.82, 2.24) is 19.5 Å². The van der Waals surface area contributed by atoms with Crippen molar-refractivity contribution in [3.8, 4) is 10.6 Å². The van der Waals surface area contributed by atoms with E-state index in [9.17, 15) is 4.79 Å². The first kappa shape index (κ1) is 14.7. The van der Waals surface area contributed by atoms with Crippen molar-refractivity contribution >= 4 is 39.0 Å². The molecule has 114 valence electrons. The van der Waals surface area contributed by atoms with Crippen molar-refractivity contribution in [3.05, 3.63) is 29.8 Å². The van der Waals surface area contributed by atoms with Crippen LogP contribution in [-0.4, -0.2) is 39.6 Å². The van der Waals surface area contributed by atoms with Gasteiger partial charge in [0.15, 0.2) is 10.3 Å². The van der Waals surface area contributed by atoms with E-state index in [1.807, 2.05) is 31.3 Å². The van der Waals surface area contributed by atoms with Gasteiger partial charge in [-0.3, -0.25) is 9.88 Å². The van der Waals surface area contributed by atoms with E-state index in [4.69, 9.17) is 0 Å². The summed E-state index contributed by atoms with van der Waals surface area (Å²) in [6.45, 7) is 1.91. The molecule has 0 atom stereocenters. The molecule has 0 saturated carbocycles. The van der Waals surface area contributed by atoms with Crippen LogP contribution in [0.1, 0.15) is 5.69 Å². The number of nitrogens with zero attached hydrogens (tertiary/aromatic N) is 5. The van der Waals surface area contributed by atoms with Gasteiger partial charge in [-0.15, -0.1) is 11.3 Å². The Morgan fingerprint density at radius 3 is 2.82 bits per heavy atom. The molecular weight excluding hydrogens is 320 g/mol. The molecule has 0 spiro atoms. The zero-order valence-electron chi connectivity index (χ0n) is 12.3. The third kappa shape index (κ3) is 2.85. The lowest BCUT2D eigenvalue weighted by atomic mass is 10.3. The molecule has 3 aromatic rings. The summed E-state index contributed by atoms with van der Waals surface area (Å²) in [4.78, 5) is 27.7. The van der Waals surface area contributed by atoms with Gasteiger partial charge in [-0.1, -0.05) is 11.3 Å². The van der Waals surface area contributed by atoms with Gasteiger partial charge >= 0.3 is 6.03 Å². The van der Waals surface area contributed by atoms with Crippen LogP contribution >= 0.6 is 22.7 Å². The first-order valence-corrected chi connectivity index (χ1v) is 8.14. The highest BCUT2D eigenvalue weighted by Crippen LogP contribution is 2.34. The number of rotatable bonds is 3. The molecule has 7 nitrogen and oxygen atoms in total. The van der Waals surface area contributed by atoms with Crippen molar-refractivity contribution in [3.63, 3.8) is 0 Å². The highest BCUT2D eigenvalue weighted by Gasteiger charge is 2.15. The van der Waals surface area contributed by atoms with E-state index in [-0.39, 0.29) is 6.03 Å². The van der Waals surface area contributed by atoms with E-state index in [2.05, 4.69) is 20.3 Å². The Kier molecular flexibility index (Phi) is 3.90. The lowest BCUT2D eigenvalue weighted by molar-refractivity contribution is 0.253. The summed E-state index contributed by atoms with van der Waals surface area (Å²) >= 11 is 2.99. The number of thiazole rings is 2. The first-order chi connectivity index (χ1) is 10.5. The van der Waals surface area contributed by atoms with Gasteiger partial charge in [0.25, 0.3) is 0 Å². The number of nitrogens with one attached hydrogen (secondary N) is 1. The quantitative estimate of drug-likeness (QED) is 0.797. The third-order valence-electron chi connectivity index (χ3n) is 2.86. The second kappa shape index (κ2) is 5.85. The highest BCUT2D eigenvalue weighted by atomic mass is 32.1. The Morgan fingerprint density at radius 2 is 2.18 bits per heavy atom. The lowest BCUT2D eigenvalue weighted by Crippen LogP contribution is -2.17. The molecular formula is C13H14N6OS2. The monoisotopic (exact) mass is 334 g/mol. The molecule has 0 bridgehead atoms. The van der Waals surface area contributed by atoms with Crippen LogP contribution in [0.4, 0.5) is 15.1 Å². The lowest BCUT2D eigenvalue weighted by Gasteiger charge is -2.05. The maximum Gasteiger partial charge on any atom is 0.333 e. The van der Waals surface area contributed by atoms with E-state index >= 15 is 0 Å². The zero-order valence-corrected chi connectivity index (χ0v) is 13.9. The number of amides is 1. The number of carbonyl (C=O) groups is 1. The van der Waals surface area contributed by atoms with Crippen molar-refractivity contribution in [2.45, 2.75) is 6.92 Å². The van der Waals surface area contributed by atoms with Gasteiger partial charge in [-0.25, -0.2) is 19.7 Å². The molecule has 0 aliphatic rings. The van der Waals surface area contributed by atoms with Crippen LogP contribution in [0.25, 0.3) is 10.6 Å². The molecule has 0 aliphatic heterocycles. The maximum atomic E-state index is 12.0. The summed E-state index contributed by atoms with van der Waals surface area (Å²) in [7, 11) is 3.91. The largest absolute Gasteiger partial charge is 0.354 e. The summed E-state index contributed by atoms with van der Waals surface area (Å²) in [6.07, 6.45) is 4.58. The Bertz CT molecular complexity index is 789. The van der Waals surface area contributed by atoms with E-state index < -0.39 is 0 Å². The van der Waals surface area contributed by atoms with Gasteiger partial charge < -0.3 is 4.90 Å². The smallest absolute Gasteiger partial charge is 0.333 e. The number of hydrogen-bond donors (Lipinski definition) is 1. The van der Waals surface area contributed by atoms with Crippen LogP contribution in [0.5, 0.6) is 0 Å². The van der Waals surface area contributed by atoms with Gasteiger partial charge in [-0.05, 0) is 6.92 Å². The number of anilines is 2. The van der Waals surface area contributed by atoms with Crippen molar-refractivity contribution in [2.24, 2.45) is 0 Å². The minimum absolute atomic E-state index is 0.287. The fourth-order valence-corrected chi connectivity index (χ4v) is 3.54. The van der Waals surface area contributed by atoms with Crippen LogP contribution in [0.2, 0.25) is 0 Å². The van der Waals surface area contributed by atoms with Crippen molar-refractivity contribution < 1.29 is 4.79 Å². The molecule has 0 fully saturated rings.